The number of hydrogen-bond acceptors (Lipinski definition) is 4. The zero-order valence-electron chi connectivity index (χ0n) is 6.36. The van der Waals surface area contributed by atoms with E-state index in [1.54, 1.807) is 12.2 Å². The van der Waals surface area contributed by atoms with Crippen LogP contribution >= 0.6 is 0 Å². The summed E-state index contributed by atoms with van der Waals surface area (Å²) in [7, 11) is 0. The van der Waals surface area contributed by atoms with Crippen molar-refractivity contribution in [2.75, 3.05) is 0 Å². The Bertz CT molecular complexity index is 207. The van der Waals surface area contributed by atoms with E-state index in [2.05, 4.69) is 0 Å². The molecule has 0 bridgehead atoms. The Balaban J connectivity index is 2.76. The fourth-order valence-electron chi connectivity index (χ4n) is 1.34. The number of hydrogen-bond donors (Lipinski definition) is 0. The maximum absolute atomic E-state index is 10.4. The summed E-state index contributed by atoms with van der Waals surface area (Å²) in [6.45, 7) is 0. The van der Waals surface area contributed by atoms with E-state index in [4.69, 9.17) is 0 Å². The predicted octanol–water partition coefficient (Wildman–Crippen LogP) is -1.93. The molecule has 0 saturated heterocycles. The minimum Gasteiger partial charge on any atom is -0.550 e. The smallest absolute Gasteiger partial charge is 0.0455 e. The van der Waals surface area contributed by atoms with Crippen LogP contribution in [0.1, 0.15) is 12.8 Å². The van der Waals surface area contributed by atoms with E-state index in [1.807, 2.05) is 0 Å². The molecule has 1 aliphatic carbocycles. The summed E-state index contributed by atoms with van der Waals surface area (Å²) in [6, 6.07) is 0. The highest BCUT2D eigenvalue weighted by Gasteiger charge is 2.24. The van der Waals surface area contributed by atoms with Crippen LogP contribution in [-0.4, -0.2) is 11.9 Å². The Morgan fingerprint density at radius 1 is 1.00 bits per heavy atom. The van der Waals surface area contributed by atoms with Crippen molar-refractivity contribution in [3.8, 4) is 0 Å². The monoisotopic (exact) mass is 168 g/mol. The summed E-state index contributed by atoms with van der Waals surface area (Å²) in [5.74, 6) is -4.48. The summed E-state index contributed by atoms with van der Waals surface area (Å²) < 4.78 is 0. The summed E-state index contributed by atoms with van der Waals surface area (Å²) >= 11 is 0. The summed E-state index contributed by atoms with van der Waals surface area (Å²) in [6.07, 6.45) is 3.75. The van der Waals surface area contributed by atoms with Crippen molar-refractivity contribution in [2.24, 2.45) is 11.8 Å². The molecule has 12 heavy (non-hydrogen) atoms. The van der Waals surface area contributed by atoms with Crippen LogP contribution in [0, 0.1) is 11.8 Å². The van der Waals surface area contributed by atoms with Crippen LogP contribution < -0.4 is 10.2 Å². The molecule has 1 aliphatic rings. The molecule has 0 spiro atoms. The minimum atomic E-state index is -1.31. The van der Waals surface area contributed by atoms with Crippen molar-refractivity contribution in [3.63, 3.8) is 0 Å². The first-order valence-corrected chi connectivity index (χ1v) is 3.69. The molecule has 0 radical (unpaired) electrons. The molecule has 66 valence electrons. The first-order valence-electron chi connectivity index (χ1n) is 3.69. The van der Waals surface area contributed by atoms with Gasteiger partial charge in [-0.25, -0.2) is 0 Å². The topological polar surface area (TPSA) is 80.3 Å². The van der Waals surface area contributed by atoms with Gasteiger partial charge in [-0.2, -0.15) is 0 Å². The van der Waals surface area contributed by atoms with Crippen LogP contribution in [0.4, 0.5) is 0 Å². The molecule has 0 heterocycles. The maximum atomic E-state index is 10.4. The second kappa shape index (κ2) is 3.38. The molecule has 1 rings (SSSR count). The fraction of sp³-hybridized carbons (Fsp3) is 0.500. The maximum Gasteiger partial charge on any atom is 0.0455 e. The van der Waals surface area contributed by atoms with Gasteiger partial charge in [0.2, 0.25) is 0 Å². The van der Waals surface area contributed by atoms with Crippen molar-refractivity contribution in [1.29, 1.82) is 0 Å². The van der Waals surface area contributed by atoms with Crippen molar-refractivity contribution in [1.82, 2.24) is 0 Å². The van der Waals surface area contributed by atoms with Gasteiger partial charge in [0.15, 0.2) is 0 Å². The normalized spacial score (nSPS) is 28.3. The van der Waals surface area contributed by atoms with Crippen LogP contribution in [0.15, 0.2) is 12.2 Å². The van der Waals surface area contributed by atoms with Crippen LogP contribution in [0.25, 0.3) is 0 Å². The molecule has 0 aliphatic heterocycles. The van der Waals surface area contributed by atoms with Crippen molar-refractivity contribution >= 4 is 11.9 Å². The molecule has 0 aromatic heterocycles. The van der Waals surface area contributed by atoms with E-state index in [-0.39, 0.29) is 12.8 Å². The molecule has 4 nitrogen and oxygen atoms in total. The van der Waals surface area contributed by atoms with Gasteiger partial charge in [-0.1, -0.05) is 12.2 Å². The summed E-state index contributed by atoms with van der Waals surface area (Å²) in [5.41, 5.74) is 0. The molecule has 0 fully saturated rings. The number of carboxylic acids is 2. The number of rotatable bonds is 2. The number of aliphatic carboxylic acids is 2. The zero-order chi connectivity index (χ0) is 9.14. The third kappa shape index (κ3) is 1.64. The average Bonchev–Trinajstić information content (AvgIpc) is 2.04. The molecule has 2 atom stereocenters. The third-order valence-corrected chi connectivity index (χ3v) is 2.04. The number of carboxylic acid groups (broad SMARTS) is 2. The minimum absolute atomic E-state index is 0.223. The highest BCUT2D eigenvalue weighted by Crippen LogP contribution is 2.24. The van der Waals surface area contributed by atoms with E-state index in [0.717, 1.165) is 0 Å². The standard InChI is InChI=1S/C8H10O4/c9-7(10)5-3-1-2-4-6(5)8(11)12/h1-2,5-6H,3-4H2,(H,9,10)(H,11,12)/p-2/t5-,6+. The zero-order valence-corrected chi connectivity index (χ0v) is 6.36. The van der Waals surface area contributed by atoms with Crippen molar-refractivity contribution in [3.05, 3.63) is 12.2 Å². The molecule has 0 unspecified atom stereocenters. The molecule has 0 aromatic rings. The lowest BCUT2D eigenvalue weighted by atomic mass is 9.83. The second-order valence-corrected chi connectivity index (χ2v) is 2.79. The van der Waals surface area contributed by atoms with Gasteiger partial charge in [0.1, 0.15) is 0 Å². The molecule has 4 heteroatoms. The van der Waals surface area contributed by atoms with Crippen molar-refractivity contribution in [2.45, 2.75) is 12.8 Å². The molecule has 0 aromatic carbocycles. The Morgan fingerprint density at radius 2 is 1.33 bits per heavy atom. The predicted molar refractivity (Wildman–Crippen MR) is 35.4 cm³/mol. The van der Waals surface area contributed by atoms with E-state index in [9.17, 15) is 19.8 Å². The molecule has 0 N–H and O–H groups in total. The Hall–Kier alpha value is -1.32. The van der Waals surface area contributed by atoms with Gasteiger partial charge in [-0.05, 0) is 12.8 Å². The van der Waals surface area contributed by atoms with Gasteiger partial charge in [0.25, 0.3) is 0 Å². The first kappa shape index (κ1) is 8.77. The highest BCUT2D eigenvalue weighted by molar-refractivity contribution is 5.78. The average molecular weight is 168 g/mol. The van der Waals surface area contributed by atoms with Crippen LogP contribution in [-0.2, 0) is 9.59 Å². The van der Waals surface area contributed by atoms with E-state index < -0.39 is 23.8 Å². The van der Waals surface area contributed by atoms with Gasteiger partial charge >= 0.3 is 0 Å². The van der Waals surface area contributed by atoms with E-state index in [1.165, 1.54) is 0 Å². The van der Waals surface area contributed by atoms with Crippen molar-refractivity contribution < 1.29 is 19.8 Å². The molecular weight excluding hydrogens is 160 g/mol. The highest BCUT2D eigenvalue weighted by atomic mass is 16.4. The quantitative estimate of drug-likeness (QED) is 0.449. The lowest BCUT2D eigenvalue weighted by Crippen LogP contribution is -2.44. The molecule has 0 saturated carbocycles. The number of allylic oxidation sites excluding steroid dienone is 2. The van der Waals surface area contributed by atoms with Crippen LogP contribution in [0.5, 0.6) is 0 Å². The van der Waals surface area contributed by atoms with E-state index >= 15 is 0 Å². The fourth-order valence-corrected chi connectivity index (χ4v) is 1.34. The van der Waals surface area contributed by atoms with Crippen LogP contribution in [0.2, 0.25) is 0 Å². The lowest BCUT2D eigenvalue weighted by Gasteiger charge is -2.29. The van der Waals surface area contributed by atoms with Gasteiger partial charge in [0.05, 0.1) is 0 Å². The van der Waals surface area contributed by atoms with Gasteiger partial charge in [-0.3, -0.25) is 0 Å². The lowest BCUT2D eigenvalue weighted by molar-refractivity contribution is -0.326. The van der Waals surface area contributed by atoms with Gasteiger partial charge in [0, 0.05) is 23.8 Å². The molecular formula is C8H8O4-2. The SMILES string of the molecule is O=C([O-])[C@H]1CC=CC[C@H]1C(=O)[O-]. The van der Waals surface area contributed by atoms with Gasteiger partial charge < -0.3 is 19.8 Å². The Kier molecular flexibility index (Phi) is 2.47. The van der Waals surface area contributed by atoms with E-state index in [0.29, 0.717) is 0 Å². The summed E-state index contributed by atoms with van der Waals surface area (Å²) in [5, 5.41) is 20.9. The largest absolute Gasteiger partial charge is 0.550 e. The Morgan fingerprint density at radius 3 is 1.58 bits per heavy atom. The Labute approximate surface area is 69.5 Å². The second-order valence-electron chi connectivity index (χ2n) is 2.79. The number of carbonyl (C=O) groups excluding carboxylic acids is 2. The summed E-state index contributed by atoms with van der Waals surface area (Å²) in [4.78, 5) is 20.9. The molecule has 0 amide bonds. The van der Waals surface area contributed by atoms with Crippen LogP contribution in [0.3, 0.4) is 0 Å². The van der Waals surface area contributed by atoms with Gasteiger partial charge in [-0.15, -0.1) is 0 Å². The first-order chi connectivity index (χ1) is 5.63. The number of carbonyl (C=O) groups is 2. The third-order valence-electron chi connectivity index (χ3n) is 2.04.